The van der Waals surface area contributed by atoms with Crippen molar-refractivity contribution in [2.24, 2.45) is 16.6 Å². The fourth-order valence-electron chi connectivity index (χ4n) is 3.97. The van der Waals surface area contributed by atoms with Crippen molar-refractivity contribution < 1.29 is 14.3 Å². The van der Waals surface area contributed by atoms with Crippen LogP contribution < -0.4 is 15.2 Å². The summed E-state index contributed by atoms with van der Waals surface area (Å²) in [7, 11) is 3.31. The monoisotopic (exact) mass is 359 g/mol. The van der Waals surface area contributed by atoms with Crippen molar-refractivity contribution in [2.75, 3.05) is 20.8 Å². The molecule has 2 aliphatic rings. The molecular weight excluding hydrogens is 330 g/mol. The number of aryl methyl sites for hydroxylation is 1. The third-order valence-electron chi connectivity index (χ3n) is 5.59. The number of aliphatic imine (C=N–C) groups is 1. The van der Waals surface area contributed by atoms with E-state index in [1.807, 2.05) is 25.1 Å². The Labute approximate surface area is 155 Å². The number of ether oxygens (including phenoxy) is 2. The largest absolute Gasteiger partial charge is 0.497 e. The smallest absolute Gasteiger partial charge is 0.260 e. The van der Waals surface area contributed by atoms with Crippen LogP contribution in [0.4, 0.5) is 0 Å². The maximum Gasteiger partial charge on any atom is 0.260 e. The van der Waals surface area contributed by atoms with Crippen molar-refractivity contribution >= 4 is 11.9 Å². The van der Waals surface area contributed by atoms with Crippen molar-refractivity contribution in [3.05, 3.63) is 23.8 Å². The predicted molar refractivity (Wildman–Crippen MR) is 102 cm³/mol. The normalized spacial score (nSPS) is 23.9. The SMILES string of the molecule is COc1ccc(C)c(OCC2(CC3CCCCC3)N=C(N)N(C)C2=O)c1. The van der Waals surface area contributed by atoms with E-state index in [2.05, 4.69) is 4.99 Å². The molecule has 1 saturated carbocycles. The van der Waals surface area contributed by atoms with Crippen LogP contribution in [0.15, 0.2) is 23.2 Å². The molecule has 0 bridgehead atoms. The highest BCUT2D eigenvalue weighted by Gasteiger charge is 2.48. The maximum atomic E-state index is 13.0. The van der Waals surface area contributed by atoms with Crippen molar-refractivity contribution in [1.82, 2.24) is 4.90 Å². The van der Waals surface area contributed by atoms with E-state index >= 15 is 0 Å². The zero-order valence-corrected chi connectivity index (χ0v) is 16.0. The average molecular weight is 359 g/mol. The van der Waals surface area contributed by atoms with Gasteiger partial charge in [-0.1, -0.05) is 38.2 Å². The summed E-state index contributed by atoms with van der Waals surface area (Å²) in [6.07, 6.45) is 6.71. The third kappa shape index (κ3) is 3.64. The molecule has 0 saturated heterocycles. The van der Waals surface area contributed by atoms with Crippen LogP contribution in [0.25, 0.3) is 0 Å². The molecule has 1 fully saturated rings. The zero-order chi connectivity index (χ0) is 18.7. The van der Waals surface area contributed by atoms with Gasteiger partial charge in [0.1, 0.15) is 18.1 Å². The molecule has 26 heavy (non-hydrogen) atoms. The van der Waals surface area contributed by atoms with Crippen LogP contribution in [0.1, 0.15) is 44.1 Å². The first-order valence-electron chi connectivity index (χ1n) is 9.36. The molecule has 1 atom stereocenters. The van der Waals surface area contributed by atoms with E-state index < -0.39 is 5.54 Å². The number of benzene rings is 1. The van der Waals surface area contributed by atoms with Gasteiger partial charge in [0.15, 0.2) is 11.5 Å². The minimum Gasteiger partial charge on any atom is -0.497 e. The fraction of sp³-hybridized carbons (Fsp3) is 0.600. The third-order valence-corrected chi connectivity index (χ3v) is 5.59. The van der Waals surface area contributed by atoms with Gasteiger partial charge >= 0.3 is 0 Å². The summed E-state index contributed by atoms with van der Waals surface area (Å²) in [6, 6.07) is 5.69. The van der Waals surface area contributed by atoms with E-state index in [1.165, 1.54) is 24.2 Å². The molecule has 6 nitrogen and oxygen atoms in total. The molecular formula is C20H29N3O3. The van der Waals surface area contributed by atoms with E-state index in [9.17, 15) is 4.79 Å². The first-order valence-corrected chi connectivity index (χ1v) is 9.36. The van der Waals surface area contributed by atoms with Crippen LogP contribution in [0.5, 0.6) is 11.5 Å². The lowest BCUT2D eigenvalue weighted by Gasteiger charge is -2.31. The van der Waals surface area contributed by atoms with Crippen LogP contribution in [0.2, 0.25) is 0 Å². The number of rotatable bonds is 6. The number of hydrogen-bond donors (Lipinski definition) is 1. The van der Waals surface area contributed by atoms with E-state index in [0.717, 1.165) is 24.2 Å². The standard InChI is InChI=1S/C20H29N3O3/c1-14-9-10-16(25-3)11-17(14)26-13-20(12-15-7-5-4-6-8-15)18(24)23(2)19(21)22-20/h9-11,15H,4-8,12-13H2,1-3H3,(H2,21,22). The number of methoxy groups -OCH3 is 1. The number of likely N-dealkylation sites (N-methyl/N-ethyl adjacent to an activating group) is 1. The lowest BCUT2D eigenvalue weighted by Crippen LogP contribution is -2.47. The Kier molecular flexibility index (Phi) is 5.39. The van der Waals surface area contributed by atoms with Gasteiger partial charge in [-0.05, 0) is 30.9 Å². The van der Waals surface area contributed by atoms with Gasteiger partial charge in [0.2, 0.25) is 0 Å². The summed E-state index contributed by atoms with van der Waals surface area (Å²) in [6.45, 7) is 2.17. The topological polar surface area (TPSA) is 77.2 Å². The number of amides is 1. The van der Waals surface area contributed by atoms with Crippen LogP contribution in [-0.2, 0) is 4.79 Å². The zero-order valence-electron chi connectivity index (χ0n) is 16.0. The van der Waals surface area contributed by atoms with Crippen molar-refractivity contribution in [2.45, 2.75) is 51.0 Å². The molecule has 1 aromatic rings. The summed E-state index contributed by atoms with van der Waals surface area (Å²) in [5.41, 5.74) is 6.05. The summed E-state index contributed by atoms with van der Waals surface area (Å²) in [4.78, 5) is 19.0. The Morgan fingerprint density at radius 2 is 2.04 bits per heavy atom. The van der Waals surface area contributed by atoms with Gasteiger partial charge in [-0.2, -0.15) is 0 Å². The van der Waals surface area contributed by atoms with E-state index in [4.69, 9.17) is 15.2 Å². The van der Waals surface area contributed by atoms with Crippen LogP contribution in [0.3, 0.4) is 0 Å². The highest BCUT2D eigenvalue weighted by Crippen LogP contribution is 2.36. The van der Waals surface area contributed by atoms with Gasteiger partial charge < -0.3 is 15.2 Å². The first-order chi connectivity index (χ1) is 12.4. The van der Waals surface area contributed by atoms with Gasteiger partial charge in [-0.3, -0.25) is 9.69 Å². The first kappa shape index (κ1) is 18.5. The van der Waals surface area contributed by atoms with Gasteiger partial charge in [0.05, 0.1) is 7.11 Å². The molecule has 3 rings (SSSR count). The Morgan fingerprint density at radius 1 is 1.31 bits per heavy atom. The van der Waals surface area contributed by atoms with Gasteiger partial charge in [0, 0.05) is 13.1 Å². The summed E-state index contributed by atoms with van der Waals surface area (Å²) in [5, 5.41) is 0. The van der Waals surface area contributed by atoms with Crippen molar-refractivity contribution in [3.8, 4) is 11.5 Å². The molecule has 1 unspecified atom stereocenters. The number of carbonyl (C=O) groups is 1. The summed E-state index contributed by atoms with van der Waals surface area (Å²) in [5.74, 6) is 2.14. The van der Waals surface area contributed by atoms with Crippen molar-refractivity contribution in [3.63, 3.8) is 0 Å². The van der Waals surface area contributed by atoms with E-state index in [0.29, 0.717) is 18.1 Å². The summed E-state index contributed by atoms with van der Waals surface area (Å²) >= 11 is 0. The minimum absolute atomic E-state index is 0.0684. The molecule has 6 heteroatoms. The second-order valence-corrected chi connectivity index (χ2v) is 7.49. The lowest BCUT2D eigenvalue weighted by molar-refractivity contribution is -0.132. The Hall–Kier alpha value is -2.24. The van der Waals surface area contributed by atoms with Crippen molar-refractivity contribution in [1.29, 1.82) is 0 Å². The quantitative estimate of drug-likeness (QED) is 0.847. The van der Waals surface area contributed by atoms with Crippen LogP contribution in [-0.4, -0.2) is 43.1 Å². The van der Waals surface area contributed by atoms with Gasteiger partial charge in [-0.15, -0.1) is 0 Å². The lowest BCUT2D eigenvalue weighted by atomic mass is 9.79. The minimum atomic E-state index is -0.920. The molecule has 142 valence electrons. The molecule has 0 spiro atoms. The van der Waals surface area contributed by atoms with Gasteiger partial charge in [0.25, 0.3) is 5.91 Å². The average Bonchev–Trinajstić information content (AvgIpc) is 2.86. The number of carbonyl (C=O) groups excluding carboxylic acids is 1. The molecule has 0 aromatic heterocycles. The summed E-state index contributed by atoms with van der Waals surface area (Å²) < 4.78 is 11.4. The van der Waals surface area contributed by atoms with E-state index in [-0.39, 0.29) is 18.5 Å². The highest BCUT2D eigenvalue weighted by atomic mass is 16.5. The van der Waals surface area contributed by atoms with Crippen LogP contribution in [0, 0.1) is 12.8 Å². The Bertz CT molecular complexity index is 698. The molecule has 1 aliphatic heterocycles. The highest BCUT2D eigenvalue weighted by molar-refractivity contribution is 6.06. The molecule has 1 aromatic carbocycles. The molecule has 1 heterocycles. The molecule has 1 amide bonds. The Morgan fingerprint density at radius 3 is 2.65 bits per heavy atom. The second-order valence-electron chi connectivity index (χ2n) is 7.49. The maximum absolute atomic E-state index is 13.0. The molecule has 2 N–H and O–H groups in total. The fourth-order valence-corrected chi connectivity index (χ4v) is 3.97. The Balaban J connectivity index is 1.81. The van der Waals surface area contributed by atoms with E-state index in [1.54, 1.807) is 14.2 Å². The van der Waals surface area contributed by atoms with Gasteiger partial charge in [-0.25, -0.2) is 4.99 Å². The second kappa shape index (κ2) is 7.56. The molecule has 1 aliphatic carbocycles. The number of hydrogen-bond acceptors (Lipinski definition) is 5. The predicted octanol–water partition coefficient (Wildman–Crippen LogP) is 2.88. The number of nitrogens with zero attached hydrogens (tertiary/aromatic N) is 2. The van der Waals surface area contributed by atoms with Crippen LogP contribution >= 0.6 is 0 Å². The molecule has 0 radical (unpaired) electrons. The number of guanidine groups is 1. The number of nitrogens with two attached hydrogens (primary N) is 1.